The molecule has 102 valence electrons. The number of nitrogens with one attached hydrogen (secondary N) is 1. The van der Waals surface area contributed by atoms with Crippen LogP contribution in [0.25, 0.3) is 5.65 Å². The molecule has 0 atom stereocenters. The van der Waals surface area contributed by atoms with Crippen molar-refractivity contribution in [3.05, 3.63) is 59.5 Å². The molecule has 3 aromatic rings. The van der Waals surface area contributed by atoms with Crippen molar-refractivity contribution in [2.75, 3.05) is 12.4 Å². The second-order valence-electron chi connectivity index (χ2n) is 4.41. The van der Waals surface area contributed by atoms with Crippen LogP contribution in [-0.2, 0) is 6.61 Å². The van der Waals surface area contributed by atoms with Crippen LogP contribution >= 0.6 is 11.6 Å². The number of hydrogen-bond donors (Lipinski definition) is 1. The summed E-state index contributed by atoms with van der Waals surface area (Å²) in [6.07, 6.45) is 3.75. The molecule has 2 aromatic heterocycles. The van der Waals surface area contributed by atoms with Crippen molar-refractivity contribution in [1.82, 2.24) is 9.38 Å². The van der Waals surface area contributed by atoms with Crippen molar-refractivity contribution in [1.29, 1.82) is 0 Å². The van der Waals surface area contributed by atoms with Gasteiger partial charge in [-0.15, -0.1) is 0 Å². The molecular formula is C15H14ClN3O. The third kappa shape index (κ3) is 2.70. The molecule has 5 heteroatoms. The highest BCUT2D eigenvalue weighted by atomic mass is 35.5. The number of fused-ring (bicyclic) bond motifs is 1. The van der Waals surface area contributed by atoms with E-state index >= 15 is 0 Å². The van der Waals surface area contributed by atoms with E-state index in [0.717, 1.165) is 22.8 Å². The van der Waals surface area contributed by atoms with Crippen LogP contribution < -0.4 is 10.1 Å². The van der Waals surface area contributed by atoms with Gasteiger partial charge >= 0.3 is 0 Å². The number of halogens is 1. The van der Waals surface area contributed by atoms with Crippen molar-refractivity contribution < 1.29 is 4.74 Å². The fraction of sp³-hybridized carbons (Fsp3) is 0.133. The molecule has 1 N–H and O–H groups in total. The average molecular weight is 288 g/mol. The summed E-state index contributed by atoms with van der Waals surface area (Å²) in [6.45, 7) is 0.429. The molecule has 0 saturated heterocycles. The van der Waals surface area contributed by atoms with E-state index in [0.29, 0.717) is 11.6 Å². The van der Waals surface area contributed by atoms with Crippen LogP contribution in [0.4, 0.5) is 5.69 Å². The van der Waals surface area contributed by atoms with E-state index < -0.39 is 0 Å². The molecule has 0 bridgehead atoms. The van der Waals surface area contributed by atoms with E-state index in [4.69, 9.17) is 16.3 Å². The largest absolute Gasteiger partial charge is 0.487 e. The Morgan fingerprint density at radius 2 is 1.95 bits per heavy atom. The van der Waals surface area contributed by atoms with Crippen molar-refractivity contribution in [3.63, 3.8) is 0 Å². The number of benzene rings is 1. The van der Waals surface area contributed by atoms with Gasteiger partial charge in [0.1, 0.15) is 18.0 Å². The van der Waals surface area contributed by atoms with Gasteiger partial charge in [-0.2, -0.15) is 0 Å². The molecule has 20 heavy (non-hydrogen) atoms. The molecule has 3 rings (SSSR count). The number of imidazole rings is 1. The molecule has 0 fully saturated rings. The van der Waals surface area contributed by atoms with E-state index in [-0.39, 0.29) is 0 Å². The molecule has 2 heterocycles. The molecule has 0 aliphatic heterocycles. The van der Waals surface area contributed by atoms with Crippen molar-refractivity contribution in [3.8, 4) is 5.75 Å². The second-order valence-corrected chi connectivity index (χ2v) is 4.84. The lowest BCUT2D eigenvalue weighted by Crippen LogP contribution is -1.95. The normalized spacial score (nSPS) is 10.7. The number of anilines is 1. The molecular weight excluding hydrogens is 274 g/mol. The van der Waals surface area contributed by atoms with E-state index in [1.807, 2.05) is 60.2 Å². The SMILES string of the molecule is CNc1ccc(OCc2cn3cc(Cl)ccc3n2)cc1. The first-order chi connectivity index (χ1) is 9.74. The molecule has 0 spiro atoms. The lowest BCUT2D eigenvalue weighted by atomic mass is 10.3. The minimum atomic E-state index is 0.429. The van der Waals surface area contributed by atoms with E-state index in [1.54, 1.807) is 0 Å². The number of nitrogens with zero attached hydrogens (tertiary/aromatic N) is 2. The summed E-state index contributed by atoms with van der Waals surface area (Å²) in [5, 5.41) is 3.75. The van der Waals surface area contributed by atoms with Gasteiger partial charge in [0.2, 0.25) is 0 Å². The zero-order valence-corrected chi connectivity index (χ0v) is 11.8. The zero-order chi connectivity index (χ0) is 13.9. The van der Waals surface area contributed by atoms with Crippen LogP contribution in [0.3, 0.4) is 0 Å². The maximum Gasteiger partial charge on any atom is 0.137 e. The van der Waals surface area contributed by atoms with Crippen LogP contribution in [0.2, 0.25) is 5.02 Å². The average Bonchev–Trinajstić information content (AvgIpc) is 2.87. The lowest BCUT2D eigenvalue weighted by molar-refractivity contribution is 0.302. The number of rotatable bonds is 4. The van der Waals surface area contributed by atoms with Gasteiger partial charge in [0.05, 0.1) is 10.7 Å². The van der Waals surface area contributed by atoms with Crippen LogP contribution in [-0.4, -0.2) is 16.4 Å². The van der Waals surface area contributed by atoms with Crippen molar-refractivity contribution >= 4 is 22.9 Å². The van der Waals surface area contributed by atoms with Gasteiger partial charge < -0.3 is 14.5 Å². The summed E-state index contributed by atoms with van der Waals surface area (Å²) in [6, 6.07) is 11.5. The smallest absolute Gasteiger partial charge is 0.137 e. The van der Waals surface area contributed by atoms with Crippen LogP contribution in [0, 0.1) is 0 Å². The fourth-order valence-electron chi connectivity index (χ4n) is 1.96. The van der Waals surface area contributed by atoms with Gasteiger partial charge in [0.15, 0.2) is 0 Å². The molecule has 0 aliphatic rings. The van der Waals surface area contributed by atoms with Crippen LogP contribution in [0.1, 0.15) is 5.69 Å². The topological polar surface area (TPSA) is 38.6 Å². The second kappa shape index (κ2) is 5.43. The minimum absolute atomic E-state index is 0.429. The lowest BCUT2D eigenvalue weighted by Gasteiger charge is -2.05. The molecule has 0 aliphatic carbocycles. The van der Waals surface area contributed by atoms with Gasteiger partial charge in [0, 0.05) is 25.1 Å². The Kier molecular flexibility index (Phi) is 3.48. The third-order valence-corrected chi connectivity index (χ3v) is 3.22. The Hall–Kier alpha value is -2.20. The van der Waals surface area contributed by atoms with E-state index in [2.05, 4.69) is 10.3 Å². The number of pyridine rings is 1. The number of hydrogen-bond acceptors (Lipinski definition) is 3. The maximum absolute atomic E-state index is 5.94. The molecule has 0 radical (unpaired) electrons. The summed E-state index contributed by atoms with van der Waals surface area (Å²) in [5.41, 5.74) is 2.78. The number of ether oxygens (including phenoxy) is 1. The third-order valence-electron chi connectivity index (χ3n) is 2.99. The minimum Gasteiger partial charge on any atom is -0.487 e. The van der Waals surface area contributed by atoms with Gasteiger partial charge in [0.25, 0.3) is 0 Å². The molecule has 0 unspecified atom stereocenters. The monoisotopic (exact) mass is 287 g/mol. The predicted molar refractivity (Wildman–Crippen MR) is 80.5 cm³/mol. The predicted octanol–water partition coefficient (Wildman–Crippen LogP) is 3.61. The molecule has 1 aromatic carbocycles. The summed E-state index contributed by atoms with van der Waals surface area (Å²) in [7, 11) is 1.89. The van der Waals surface area contributed by atoms with Crippen molar-refractivity contribution in [2.45, 2.75) is 6.61 Å². The summed E-state index contributed by atoms with van der Waals surface area (Å²) >= 11 is 5.94. The first-order valence-electron chi connectivity index (χ1n) is 6.28. The zero-order valence-electron chi connectivity index (χ0n) is 11.0. The van der Waals surface area contributed by atoms with Gasteiger partial charge in [-0.3, -0.25) is 0 Å². The first kappa shape index (κ1) is 12.8. The van der Waals surface area contributed by atoms with Gasteiger partial charge in [-0.05, 0) is 36.4 Å². The molecule has 0 amide bonds. The quantitative estimate of drug-likeness (QED) is 0.797. The van der Waals surface area contributed by atoms with E-state index in [1.165, 1.54) is 0 Å². The Balaban J connectivity index is 1.72. The Bertz CT molecular complexity index is 722. The maximum atomic E-state index is 5.94. The summed E-state index contributed by atoms with van der Waals surface area (Å²) < 4.78 is 7.61. The van der Waals surface area contributed by atoms with Gasteiger partial charge in [-0.1, -0.05) is 11.6 Å². The summed E-state index contributed by atoms with van der Waals surface area (Å²) in [5.74, 6) is 0.819. The highest BCUT2D eigenvalue weighted by Gasteiger charge is 2.03. The van der Waals surface area contributed by atoms with Crippen LogP contribution in [0.15, 0.2) is 48.8 Å². The van der Waals surface area contributed by atoms with Crippen LogP contribution in [0.5, 0.6) is 5.75 Å². The fourth-order valence-corrected chi connectivity index (χ4v) is 2.13. The van der Waals surface area contributed by atoms with E-state index in [9.17, 15) is 0 Å². The Labute approximate surface area is 122 Å². The first-order valence-corrected chi connectivity index (χ1v) is 6.66. The molecule has 0 saturated carbocycles. The highest BCUT2D eigenvalue weighted by molar-refractivity contribution is 6.30. The Morgan fingerprint density at radius 3 is 2.70 bits per heavy atom. The summed E-state index contributed by atoms with van der Waals surface area (Å²) in [4.78, 5) is 4.47. The Morgan fingerprint density at radius 1 is 1.15 bits per heavy atom. The molecule has 4 nitrogen and oxygen atoms in total. The standard InChI is InChI=1S/C15H14ClN3O/c1-17-12-3-5-14(6-4-12)20-10-13-9-19-8-11(16)2-7-15(19)18-13/h2-9,17H,10H2,1H3. The highest BCUT2D eigenvalue weighted by Crippen LogP contribution is 2.17. The van der Waals surface area contributed by atoms with Gasteiger partial charge in [-0.25, -0.2) is 4.98 Å². The number of aromatic nitrogens is 2. The van der Waals surface area contributed by atoms with Crippen molar-refractivity contribution in [2.24, 2.45) is 0 Å².